The highest BCUT2D eigenvalue weighted by atomic mass is 19.1. The first-order chi connectivity index (χ1) is 13.0. The van der Waals surface area contributed by atoms with E-state index in [4.69, 9.17) is 4.74 Å². The second-order valence-electron chi connectivity index (χ2n) is 7.33. The van der Waals surface area contributed by atoms with Crippen LogP contribution in [-0.4, -0.2) is 36.1 Å². The van der Waals surface area contributed by atoms with Gasteiger partial charge in [-0.2, -0.15) is 0 Å². The third kappa shape index (κ3) is 2.22. The molecule has 5 rings (SSSR count). The molecule has 1 N–H and O–H groups in total. The van der Waals surface area contributed by atoms with E-state index in [9.17, 15) is 14.4 Å². The zero-order chi connectivity index (χ0) is 18.9. The Morgan fingerprint density at radius 1 is 1.30 bits per heavy atom. The number of amides is 1. The first kappa shape index (κ1) is 16.3. The summed E-state index contributed by atoms with van der Waals surface area (Å²) in [6.45, 7) is 0.599. The van der Waals surface area contributed by atoms with Crippen molar-refractivity contribution in [2.45, 2.75) is 37.8 Å². The van der Waals surface area contributed by atoms with Gasteiger partial charge in [-0.3, -0.25) is 9.59 Å². The lowest BCUT2D eigenvalue weighted by molar-refractivity contribution is -0.117. The van der Waals surface area contributed by atoms with E-state index in [0.717, 1.165) is 19.3 Å². The van der Waals surface area contributed by atoms with Crippen molar-refractivity contribution in [3.8, 4) is 0 Å². The predicted molar refractivity (Wildman–Crippen MR) is 96.8 cm³/mol. The largest absolute Gasteiger partial charge is 0.465 e. The molecule has 1 amide bonds. The maximum absolute atomic E-state index is 15.7. The molecule has 1 unspecified atom stereocenters. The first-order valence-corrected chi connectivity index (χ1v) is 9.08. The molecule has 27 heavy (non-hydrogen) atoms. The highest BCUT2D eigenvalue weighted by Gasteiger charge is 2.40. The fourth-order valence-corrected chi connectivity index (χ4v) is 4.26. The van der Waals surface area contributed by atoms with Gasteiger partial charge in [-0.15, -0.1) is 0 Å². The number of nitrogens with zero attached hydrogens (tertiary/aromatic N) is 2. The number of hydrogen-bond donors (Lipinski definition) is 1. The number of hydrogen-bond acceptors (Lipinski definition) is 5. The van der Waals surface area contributed by atoms with Crippen LogP contribution in [0.3, 0.4) is 0 Å². The maximum Gasteiger partial charge on any atom is 0.343 e. The number of rotatable bonds is 2. The lowest BCUT2D eigenvalue weighted by Gasteiger charge is -2.33. The molecule has 8 heteroatoms. The molecule has 2 aliphatic heterocycles. The van der Waals surface area contributed by atoms with Crippen molar-refractivity contribution in [1.29, 1.82) is 0 Å². The number of benzene rings is 1. The van der Waals surface area contributed by atoms with Crippen molar-refractivity contribution in [3.63, 3.8) is 0 Å². The van der Waals surface area contributed by atoms with Gasteiger partial charge >= 0.3 is 5.97 Å². The number of fused-ring (bicyclic) bond motifs is 4. The number of halogens is 1. The molecule has 3 heterocycles. The molecule has 0 bridgehead atoms. The third-order valence-electron chi connectivity index (χ3n) is 5.68. The van der Waals surface area contributed by atoms with Crippen LogP contribution in [0.4, 0.5) is 15.8 Å². The van der Waals surface area contributed by atoms with E-state index in [-0.39, 0.29) is 40.1 Å². The second kappa shape index (κ2) is 5.55. The number of nitrogens with one attached hydrogen (secondary N) is 1. The average molecular weight is 371 g/mol. The van der Waals surface area contributed by atoms with Crippen molar-refractivity contribution < 1.29 is 18.7 Å². The van der Waals surface area contributed by atoms with Crippen molar-refractivity contribution in [2.75, 3.05) is 23.9 Å². The van der Waals surface area contributed by atoms with Gasteiger partial charge < -0.3 is 19.5 Å². The summed E-state index contributed by atoms with van der Waals surface area (Å²) in [6.07, 6.45) is 4.62. The summed E-state index contributed by atoms with van der Waals surface area (Å²) < 4.78 is 22.1. The summed E-state index contributed by atoms with van der Waals surface area (Å²) in [4.78, 5) is 39.0. The van der Waals surface area contributed by atoms with Crippen LogP contribution in [0.2, 0.25) is 0 Å². The molecule has 140 valence electrons. The summed E-state index contributed by atoms with van der Waals surface area (Å²) in [6, 6.07) is 1.17. The normalized spacial score (nSPS) is 21.0. The highest BCUT2D eigenvalue weighted by molar-refractivity contribution is 6.07. The predicted octanol–water partition coefficient (Wildman–Crippen LogP) is 2.18. The van der Waals surface area contributed by atoms with E-state index >= 15 is 4.39 Å². The standard InChI is InChI=1S/C19H18FN3O4/c1-27-19(26)11-8-23(9-4-5-9)15-10(17(11)24)7-12-16(14(15)20)22-6-2-3-13(22)18(25)21-12/h7-9,13H,2-6H2,1H3,(H,21,25). The average Bonchev–Trinajstić information content (AvgIpc) is 3.38. The summed E-state index contributed by atoms with van der Waals surface area (Å²) >= 11 is 0. The molecule has 0 radical (unpaired) electrons. The van der Waals surface area contributed by atoms with Crippen LogP contribution >= 0.6 is 0 Å². The Balaban J connectivity index is 1.85. The number of pyridine rings is 1. The lowest BCUT2D eigenvalue weighted by atomic mass is 10.0. The molecular formula is C19H18FN3O4. The summed E-state index contributed by atoms with van der Waals surface area (Å²) in [5.74, 6) is -1.46. The monoisotopic (exact) mass is 371 g/mol. The second-order valence-corrected chi connectivity index (χ2v) is 7.33. The van der Waals surface area contributed by atoms with Crippen LogP contribution in [0.15, 0.2) is 17.1 Å². The van der Waals surface area contributed by atoms with E-state index in [1.165, 1.54) is 19.4 Å². The van der Waals surface area contributed by atoms with E-state index in [1.54, 1.807) is 9.47 Å². The number of anilines is 2. The SMILES string of the molecule is COC(=O)c1cn(C2CC2)c2c(F)c3c(cc2c1=O)NC(=O)C1CCCN31. The lowest BCUT2D eigenvalue weighted by Crippen LogP contribution is -2.44. The highest BCUT2D eigenvalue weighted by Crippen LogP contribution is 2.44. The van der Waals surface area contributed by atoms with Gasteiger partial charge in [-0.1, -0.05) is 0 Å². The minimum absolute atomic E-state index is 0.0524. The fraction of sp³-hybridized carbons (Fsp3) is 0.421. The Hall–Kier alpha value is -2.90. The Kier molecular flexibility index (Phi) is 3.35. The number of aromatic nitrogens is 1. The molecule has 0 spiro atoms. The molecule has 1 atom stereocenters. The smallest absolute Gasteiger partial charge is 0.343 e. The van der Waals surface area contributed by atoms with Gasteiger partial charge in [-0.25, -0.2) is 9.18 Å². The van der Waals surface area contributed by atoms with Gasteiger partial charge in [0.25, 0.3) is 0 Å². The molecule has 7 nitrogen and oxygen atoms in total. The number of esters is 1. The number of carbonyl (C=O) groups is 2. The molecule has 2 fully saturated rings. The van der Waals surface area contributed by atoms with E-state index < -0.39 is 17.2 Å². The van der Waals surface area contributed by atoms with Gasteiger partial charge in [0.15, 0.2) is 5.82 Å². The van der Waals surface area contributed by atoms with E-state index in [2.05, 4.69) is 5.32 Å². The van der Waals surface area contributed by atoms with Gasteiger partial charge in [0.05, 0.1) is 29.4 Å². The molecular weight excluding hydrogens is 353 g/mol. The molecule has 1 saturated carbocycles. The Morgan fingerprint density at radius 2 is 2.07 bits per heavy atom. The maximum atomic E-state index is 15.7. The van der Waals surface area contributed by atoms with Crippen LogP contribution in [-0.2, 0) is 9.53 Å². The van der Waals surface area contributed by atoms with Crippen LogP contribution in [0.25, 0.3) is 10.9 Å². The van der Waals surface area contributed by atoms with Crippen molar-refractivity contribution >= 4 is 34.2 Å². The third-order valence-corrected chi connectivity index (χ3v) is 5.68. The Labute approximate surface area is 153 Å². The zero-order valence-corrected chi connectivity index (χ0v) is 14.8. The van der Waals surface area contributed by atoms with Gasteiger partial charge in [0.2, 0.25) is 11.3 Å². The molecule has 1 saturated heterocycles. The summed E-state index contributed by atoms with van der Waals surface area (Å²) in [5, 5.41) is 2.82. The van der Waals surface area contributed by atoms with Crippen molar-refractivity contribution in [2.24, 2.45) is 0 Å². The minimum Gasteiger partial charge on any atom is -0.465 e. The van der Waals surface area contributed by atoms with Crippen molar-refractivity contribution in [1.82, 2.24) is 4.57 Å². The quantitative estimate of drug-likeness (QED) is 0.819. The van der Waals surface area contributed by atoms with Crippen LogP contribution < -0.4 is 15.6 Å². The molecule has 2 aromatic rings. The van der Waals surface area contributed by atoms with Crippen LogP contribution in [0.1, 0.15) is 42.1 Å². The van der Waals surface area contributed by atoms with Crippen LogP contribution in [0, 0.1) is 5.82 Å². The first-order valence-electron chi connectivity index (χ1n) is 9.08. The van der Waals surface area contributed by atoms with E-state index in [0.29, 0.717) is 18.7 Å². The van der Waals surface area contributed by atoms with E-state index in [1.807, 2.05) is 0 Å². The van der Waals surface area contributed by atoms with Crippen molar-refractivity contribution in [3.05, 3.63) is 33.9 Å². The molecule has 3 aliphatic rings. The Bertz CT molecular complexity index is 1070. The minimum atomic E-state index is -0.752. The topological polar surface area (TPSA) is 80.6 Å². The summed E-state index contributed by atoms with van der Waals surface area (Å²) in [7, 11) is 1.20. The zero-order valence-electron chi connectivity index (χ0n) is 14.8. The number of methoxy groups -OCH3 is 1. The molecule has 1 aromatic carbocycles. The van der Waals surface area contributed by atoms with Gasteiger partial charge in [0, 0.05) is 18.8 Å². The molecule has 1 aromatic heterocycles. The van der Waals surface area contributed by atoms with Crippen LogP contribution in [0.5, 0.6) is 0 Å². The van der Waals surface area contributed by atoms with Gasteiger partial charge in [-0.05, 0) is 31.7 Å². The number of ether oxygens (including phenoxy) is 1. The van der Waals surface area contributed by atoms with Gasteiger partial charge in [0.1, 0.15) is 11.6 Å². The fourth-order valence-electron chi connectivity index (χ4n) is 4.26. The number of carbonyl (C=O) groups excluding carboxylic acids is 2. The summed E-state index contributed by atoms with van der Waals surface area (Å²) in [5.41, 5.74) is 0.0928. The Morgan fingerprint density at radius 3 is 2.78 bits per heavy atom. The molecule has 1 aliphatic carbocycles.